The summed E-state index contributed by atoms with van der Waals surface area (Å²) in [5.74, 6) is -0.647. The molecule has 2 aromatic carbocycles. The Morgan fingerprint density at radius 1 is 1.07 bits per heavy atom. The zero-order chi connectivity index (χ0) is 19.7. The number of benzene rings is 2. The van der Waals surface area contributed by atoms with Crippen molar-refractivity contribution >= 4 is 50.6 Å². The first-order chi connectivity index (χ1) is 13.5. The van der Waals surface area contributed by atoms with Crippen LogP contribution in [0.15, 0.2) is 51.8 Å². The smallest absolute Gasteiger partial charge is 0.293 e. The molecule has 0 radical (unpaired) electrons. The third-order valence-electron chi connectivity index (χ3n) is 4.84. The SMILES string of the molecule is O=C1S/C(=C\c2ccc(N3CCCC3)c(F)c2)C(=O)N1Cc1ccc(Br)cc1. The third-order valence-corrected chi connectivity index (χ3v) is 6.28. The maximum atomic E-state index is 14.5. The molecular weight excluding hydrogens is 443 g/mol. The van der Waals surface area contributed by atoms with Gasteiger partial charge in [0.25, 0.3) is 11.1 Å². The Labute approximate surface area is 175 Å². The topological polar surface area (TPSA) is 40.6 Å². The van der Waals surface area contributed by atoms with Gasteiger partial charge in [-0.3, -0.25) is 14.5 Å². The van der Waals surface area contributed by atoms with Crippen molar-refractivity contribution in [3.63, 3.8) is 0 Å². The fourth-order valence-corrected chi connectivity index (χ4v) is 4.49. The number of nitrogens with zero attached hydrogens (tertiary/aromatic N) is 2. The fourth-order valence-electron chi connectivity index (χ4n) is 3.39. The van der Waals surface area contributed by atoms with Crippen molar-refractivity contribution < 1.29 is 14.0 Å². The largest absolute Gasteiger partial charge is 0.369 e. The lowest BCUT2D eigenvalue weighted by molar-refractivity contribution is -0.123. The summed E-state index contributed by atoms with van der Waals surface area (Å²) in [5.41, 5.74) is 2.04. The van der Waals surface area contributed by atoms with E-state index >= 15 is 0 Å². The van der Waals surface area contributed by atoms with E-state index in [1.54, 1.807) is 18.2 Å². The number of carbonyl (C=O) groups is 2. The predicted molar refractivity (Wildman–Crippen MR) is 114 cm³/mol. The number of thioether (sulfide) groups is 1. The highest BCUT2D eigenvalue weighted by molar-refractivity contribution is 9.10. The van der Waals surface area contributed by atoms with E-state index in [-0.39, 0.29) is 23.5 Å². The predicted octanol–water partition coefficient (Wildman–Crippen LogP) is 5.42. The van der Waals surface area contributed by atoms with Crippen LogP contribution in [0.5, 0.6) is 0 Å². The quantitative estimate of drug-likeness (QED) is 0.570. The lowest BCUT2D eigenvalue weighted by Gasteiger charge is -2.18. The summed E-state index contributed by atoms with van der Waals surface area (Å²) in [5, 5.41) is -0.312. The molecule has 0 N–H and O–H groups in total. The Kier molecular flexibility index (Phi) is 5.55. The molecule has 28 heavy (non-hydrogen) atoms. The molecule has 144 valence electrons. The van der Waals surface area contributed by atoms with Gasteiger partial charge in [0.1, 0.15) is 5.82 Å². The fraction of sp³-hybridized carbons (Fsp3) is 0.238. The lowest BCUT2D eigenvalue weighted by Crippen LogP contribution is -2.27. The van der Waals surface area contributed by atoms with Crippen LogP contribution in [-0.2, 0) is 11.3 Å². The van der Waals surface area contributed by atoms with Gasteiger partial charge in [0.15, 0.2) is 0 Å². The van der Waals surface area contributed by atoms with E-state index in [0.717, 1.165) is 47.7 Å². The molecule has 2 amide bonds. The van der Waals surface area contributed by atoms with Gasteiger partial charge in [-0.15, -0.1) is 0 Å². The van der Waals surface area contributed by atoms with E-state index < -0.39 is 0 Å². The minimum atomic E-state index is -0.345. The number of imide groups is 1. The molecular formula is C21H18BrFN2O2S. The minimum Gasteiger partial charge on any atom is -0.369 e. The Morgan fingerprint density at radius 3 is 2.46 bits per heavy atom. The summed E-state index contributed by atoms with van der Waals surface area (Å²) in [6.45, 7) is 1.95. The first-order valence-electron chi connectivity index (χ1n) is 9.05. The normalized spacial score (nSPS) is 18.6. The van der Waals surface area contributed by atoms with Gasteiger partial charge >= 0.3 is 0 Å². The Balaban J connectivity index is 1.52. The second kappa shape index (κ2) is 8.09. The molecule has 0 bridgehead atoms. The van der Waals surface area contributed by atoms with Crippen molar-refractivity contribution in [2.75, 3.05) is 18.0 Å². The van der Waals surface area contributed by atoms with Crippen LogP contribution in [0.25, 0.3) is 6.08 Å². The summed E-state index contributed by atoms with van der Waals surface area (Å²) in [4.78, 5) is 28.5. The van der Waals surface area contributed by atoms with E-state index in [4.69, 9.17) is 0 Å². The molecule has 7 heteroatoms. The minimum absolute atomic E-state index is 0.220. The molecule has 4 nitrogen and oxygen atoms in total. The standard InChI is InChI=1S/C21H18BrFN2O2S/c22-16-6-3-14(4-7-16)13-25-20(26)19(28-21(25)27)12-15-5-8-18(17(23)11-15)24-9-1-2-10-24/h3-8,11-12H,1-2,9-10,13H2/b19-12-. The number of hydrogen-bond donors (Lipinski definition) is 0. The Bertz CT molecular complexity index is 955. The van der Waals surface area contributed by atoms with Gasteiger partial charge in [-0.25, -0.2) is 4.39 Å². The van der Waals surface area contributed by atoms with Crippen LogP contribution < -0.4 is 4.90 Å². The van der Waals surface area contributed by atoms with Crippen LogP contribution in [0.4, 0.5) is 14.9 Å². The van der Waals surface area contributed by atoms with Gasteiger partial charge in [-0.1, -0.05) is 34.1 Å². The molecule has 0 spiro atoms. The molecule has 2 fully saturated rings. The number of anilines is 1. The summed E-state index contributed by atoms with van der Waals surface area (Å²) in [6.07, 6.45) is 3.74. The van der Waals surface area contributed by atoms with Crippen molar-refractivity contribution in [2.45, 2.75) is 19.4 Å². The second-order valence-corrected chi connectivity index (χ2v) is 8.71. The maximum absolute atomic E-state index is 14.5. The van der Waals surface area contributed by atoms with E-state index in [0.29, 0.717) is 16.2 Å². The first kappa shape index (κ1) is 19.2. The third kappa shape index (κ3) is 4.00. The molecule has 2 saturated heterocycles. The Morgan fingerprint density at radius 2 is 1.79 bits per heavy atom. The van der Waals surface area contributed by atoms with Crippen molar-refractivity contribution in [1.82, 2.24) is 4.90 Å². The van der Waals surface area contributed by atoms with Crippen molar-refractivity contribution in [3.05, 3.63) is 68.8 Å². The van der Waals surface area contributed by atoms with Crippen LogP contribution in [-0.4, -0.2) is 29.1 Å². The highest BCUT2D eigenvalue weighted by Crippen LogP contribution is 2.34. The highest BCUT2D eigenvalue weighted by atomic mass is 79.9. The molecule has 0 unspecified atom stereocenters. The number of amides is 2. The van der Waals surface area contributed by atoms with E-state index in [1.807, 2.05) is 29.2 Å². The summed E-state index contributed by atoms with van der Waals surface area (Å²) < 4.78 is 15.4. The number of halogens is 2. The maximum Gasteiger partial charge on any atom is 0.293 e. The monoisotopic (exact) mass is 460 g/mol. The number of carbonyl (C=O) groups excluding carboxylic acids is 2. The molecule has 2 aliphatic rings. The molecule has 2 heterocycles. The molecule has 4 rings (SSSR count). The average molecular weight is 461 g/mol. The zero-order valence-electron chi connectivity index (χ0n) is 15.0. The second-order valence-electron chi connectivity index (χ2n) is 6.80. The summed E-state index contributed by atoms with van der Waals surface area (Å²) in [7, 11) is 0. The van der Waals surface area contributed by atoms with Crippen LogP contribution in [0, 0.1) is 5.82 Å². The van der Waals surface area contributed by atoms with Crippen molar-refractivity contribution in [2.24, 2.45) is 0 Å². The number of rotatable bonds is 4. The molecule has 0 saturated carbocycles. The zero-order valence-corrected chi connectivity index (χ0v) is 17.4. The van der Waals surface area contributed by atoms with E-state index in [1.165, 1.54) is 11.0 Å². The van der Waals surface area contributed by atoms with Gasteiger partial charge in [-0.2, -0.15) is 0 Å². The van der Waals surface area contributed by atoms with Gasteiger partial charge in [0.05, 0.1) is 17.1 Å². The lowest BCUT2D eigenvalue weighted by atomic mass is 10.1. The molecule has 2 aliphatic heterocycles. The highest BCUT2D eigenvalue weighted by Gasteiger charge is 2.35. The van der Waals surface area contributed by atoms with Crippen LogP contribution in [0.3, 0.4) is 0 Å². The summed E-state index contributed by atoms with van der Waals surface area (Å²) in [6, 6.07) is 12.4. The van der Waals surface area contributed by atoms with Gasteiger partial charge in [-0.05, 0) is 66.1 Å². The number of hydrogen-bond acceptors (Lipinski definition) is 4. The Hall–Kier alpha value is -2.12. The van der Waals surface area contributed by atoms with Crippen molar-refractivity contribution in [1.29, 1.82) is 0 Å². The van der Waals surface area contributed by atoms with Crippen molar-refractivity contribution in [3.8, 4) is 0 Å². The molecule has 0 aromatic heterocycles. The first-order valence-corrected chi connectivity index (χ1v) is 10.7. The van der Waals surface area contributed by atoms with Crippen LogP contribution >= 0.6 is 27.7 Å². The van der Waals surface area contributed by atoms with E-state index in [9.17, 15) is 14.0 Å². The van der Waals surface area contributed by atoms with E-state index in [2.05, 4.69) is 15.9 Å². The van der Waals surface area contributed by atoms with Gasteiger partial charge in [0.2, 0.25) is 0 Å². The molecule has 0 atom stereocenters. The van der Waals surface area contributed by atoms with Gasteiger partial charge < -0.3 is 4.90 Å². The molecule has 0 aliphatic carbocycles. The summed E-state index contributed by atoms with van der Waals surface area (Å²) >= 11 is 4.26. The van der Waals surface area contributed by atoms with Crippen LogP contribution in [0.1, 0.15) is 24.0 Å². The van der Waals surface area contributed by atoms with Gasteiger partial charge in [0, 0.05) is 17.6 Å². The molecule has 2 aromatic rings. The van der Waals surface area contributed by atoms with Crippen LogP contribution in [0.2, 0.25) is 0 Å². The average Bonchev–Trinajstić information content (AvgIpc) is 3.28.